The van der Waals surface area contributed by atoms with Crippen molar-refractivity contribution in [1.82, 2.24) is 25.1 Å². The van der Waals surface area contributed by atoms with Crippen molar-refractivity contribution < 1.29 is 37.5 Å². The molecule has 2 aromatic carbocycles. The molecule has 0 fully saturated rings. The van der Waals surface area contributed by atoms with Gasteiger partial charge in [0.05, 0.1) is 28.9 Å². The molecule has 5 aromatic rings. The number of likely N-dealkylation sites (N-methyl/N-ethyl adjacent to an activating group) is 1. The number of anilines is 1. The van der Waals surface area contributed by atoms with Crippen molar-refractivity contribution in [1.29, 1.82) is 5.26 Å². The van der Waals surface area contributed by atoms with E-state index in [9.17, 15) is 19.1 Å². The summed E-state index contributed by atoms with van der Waals surface area (Å²) in [5.41, 5.74) is 0.000750. The molecule has 1 unspecified atom stereocenters. The maximum absolute atomic E-state index is 15.3. The lowest BCUT2D eigenvalue weighted by atomic mass is 9.82. The lowest BCUT2D eigenvalue weighted by Crippen LogP contribution is -2.42. The van der Waals surface area contributed by atoms with Crippen LogP contribution in [-0.4, -0.2) is 57.6 Å². The number of hydrogen-bond donors (Lipinski definition) is 2. The highest BCUT2D eigenvalue weighted by molar-refractivity contribution is 7.10. The summed E-state index contributed by atoms with van der Waals surface area (Å²) in [6.45, 7) is 2.85. The topological polar surface area (TPSA) is 159 Å². The minimum Gasteiger partial charge on any atom is -0.460 e. The molecule has 5 rings (SSSR count). The minimum absolute atomic E-state index is 0.0229. The second-order valence-electron chi connectivity index (χ2n) is 11.6. The van der Waals surface area contributed by atoms with Crippen LogP contribution in [0, 0.1) is 23.0 Å². The molecule has 13 nitrogen and oxygen atoms in total. The van der Waals surface area contributed by atoms with Gasteiger partial charge in [-0.1, -0.05) is 25.1 Å². The van der Waals surface area contributed by atoms with Crippen molar-refractivity contribution in [3.8, 4) is 17.3 Å². The fourth-order valence-electron chi connectivity index (χ4n) is 5.25. The van der Waals surface area contributed by atoms with Crippen molar-refractivity contribution in [2.75, 3.05) is 25.5 Å². The summed E-state index contributed by atoms with van der Waals surface area (Å²) < 4.78 is 43.5. The van der Waals surface area contributed by atoms with E-state index in [1.165, 1.54) is 51.4 Å². The van der Waals surface area contributed by atoms with Crippen LogP contribution in [0.1, 0.15) is 47.7 Å². The minimum atomic E-state index is -2.04. The number of ether oxygens (including phenoxy) is 2. The van der Waals surface area contributed by atoms with Gasteiger partial charge in [-0.2, -0.15) is 9.83 Å². The number of pyridine rings is 1. The molecule has 0 saturated carbocycles. The number of hydrogen-bond acceptors (Lipinski definition) is 11. The molecule has 51 heavy (non-hydrogen) atoms. The highest BCUT2D eigenvalue weighted by Crippen LogP contribution is 2.41. The summed E-state index contributed by atoms with van der Waals surface area (Å²) in [6, 6.07) is 15.1. The lowest BCUT2D eigenvalue weighted by molar-refractivity contribution is -0.753. The Morgan fingerprint density at radius 2 is 1.96 bits per heavy atom. The van der Waals surface area contributed by atoms with Crippen molar-refractivity contribution in [3.05, 3.63) is 112 Å². The van der Waals surface area contributed by atoms with E-state index >= 15 is 4.39 Å². The molecule has 3 aromatic heterocycles. The quantitative estimate of drug-likeness (QED) is 0.130. The number of aromatic nitrogens is 5. The molecule has 0 aliphatic rings. The van der Waals surface area contributed by atoms with Gasteiger partial charge in [0, 0.05) is 53.3 Å². The summed E-state index contributed by atoms with van der Waals surface area (Å²) in [5.74, 6) is -2.64. The predicted molar refractivity (Wildman–Crippen MR) is 181 cm³/mol. The Morgan fingerprint density at radius 3 is 2.69 bits per heavy atom. The van der Waals surface area contributed by atoms with Crippen molar-refractivity contribution >= 4 is 29.2 Å². The Balaban J connectivity index is 1.35. The number of thiazole rings is 1. The van der Waals surface area contributed by atoms with Crippen molar-refractivity contribution in [2.45, 2.75) is 44.7 Å². The number of rotatable bonds is 13. The smallest absolute Gasteiger partial charge is 0.418 e. The highest BCUT2D eigenvalue weighted by atomic mass is 32.1. The fourth-order valence-corrected chi connectivity index (χ4v) is 6.22. The number of carbonyl (C=O) groups excluding carboxylic acids is 2. The predicted octanol–water partition coefficient (Wildman–Crippen LogP) is 4.58. The molecule has 0 aliphatic heterocycles. The normalized spacial score (nSPS) is 13.5. The molecule has 3 heterocycles. The number of aliphatic hydroxyl groups is 1. The summed E-state index contributed by atoms with van der Waals surface area (Å²) in [6.07, 6.45) is 2.65. The van der Waals surface area contributed by atoms with Gasteiger partial charge in [0.2, 0.25) is 12.6 Å². The molecule has 1 amide bonds. The monoisotopic (exact) mass is 717 g/mol. The summed E-state index contributed by atoms with van der Waals surface area (Å²) >= 11 is 1.25. The third kappa shape index (κ3) is 8.40. The first-order valence-electron chi connectivity index (χ1n) is 15.7. The Morgan fingerprint density at radius 1 is 1.20 bits per heavy atom. The van der Waals surface area contributed by atoms with Gasteiger partial charge >= 0.3 is 12.1 Å². The summed E-state index contributed by atoms with van der Waals surface area (Å²) in [4.78, 5) is 35.1. The zero-order valence-corrected chi connectivity index (χ0v) is 29.0. The van der Waals surface area contributed by atoms with Crippen LogP contribution in [0.5, 0.6) is 0 Å². The molecule has 264 valence electrons. The Hall–Kier alpha value is -5.63. The Kier molecular flexibility index (Phi) is 11.4. The molecule has 3 atom stereocenters. The second-order valence-corrected chi connectivity index (χ2v) is 12.5. The van der Waals surface area contributed by atoms with E-state index in [1.54, 1.807) is 62.7 Å². The summed E-state index contributed by atoms with van der Waals surface area (Å²) in [5, 5.41) is 30.6. The third-order valence-electron chi connectivity index (χ3n) is 8.18. The summed E-state index contributed by atoms with van der Waals surface area (Å²) in [7, 11) is 3.08. The Bertz CT molecular complexity index is 2050. The van der Waals surface area contributed by atoms with Gasteiger partial charge in [-0.15, -0.1) is 16.0 Å². The highest BCUT2D eigenvalue weighted by Gasteiger charge is 2.43. The van der Waals surface area contributed by atoms with E-state index in [1.807, 2.05) is 0 Å². The van der Waals surface area contributed by atoms with Crippen molar-refractivity contribution in [3.63, 3.8) is 0 Å². The van der Waals surface area contributed by atoms with Crippen LogP contribution >= 0.6 is 11.3 Å². The van der Waals surface area contributed by atoms with Gasteiger partial charge in [0.1, 0.15) is 36.2 Å². The van der Waals surface area contributed by atoms with Crippen molar-refractivity contribution in [2.24, 2.45) is 0 Å². The number of nitrogens with one attached hydrogen (secondary N) is 1. The van der Waals surface area contributed by atoms with E-state index < -0.39 is 41.4 Å². The van der Waals surface area contributed by atoms with Gasteiger partial charge in [-0.05, 0) is 43.4 Å². The van der Waals surface area contributed by atoms with Crippen LogP contribution in [-0.2, 0) is 33.0 Å². The van der Waals surface area contributed by atoms with Crippen LogP contribution < -0.4 is 14.8 Å². The molecule has 0 bridgehead atoms. The molecular formula is C35H35F2N8O5S+. The Labute approximate surface area is 296 Å². The van der Waals surface area contributed by atoms with Gasteiger partial charge < -0.3 is 19.9 Å². The van der Waals surface area contributed by atoms with Crippen LogP contribution in [0.25, 0.3) is 11.3 Å². The van der Waals surface area contributed by atoms with Gasteiger partial charge in [0.25, 0.3) is 6.33 Å². The van der Waals surface area contributed by atoms with E-state index in [0.717, 1.165) is 23.8 Å². The van der Waals surface area contributed by atoms with Crippen LogP contribution in [0.4, 0.5) is 19.4 Å². The zero-order chi connectivity index (χ0) is 36.7. The lowest BCUT2D eigenvalue weighted by Gasteiger charge is -2.32. The molecular weight excluding hydrogens is 682 g/mol. The maximum Gasteiger partial charge on any atom is 0.418 e. The molecule has 0 radical (unpaired) electrons. The van der Waals surface area contributed by atoms with E-state index in [2.05, 4.69) is 21.5 Å². The first-order chi connectivity index (χ1) is 24.4. The second kappa shape index (κ2) is 15.9. The average molecular weight is 718 g/mol. The van der Waals surface area contributed by atoms with E-state index in [4.69, 9.17) is 19.7 Å². The SMILES string of the molecule is CNCC(=O)OCc1cccnc1N(C)C(=O)OC(C)[n+]1cnn(C[C@@](O)(c2cc(F)ccc2F)[C@@H](C)c2nc(-c3ccc(C#N)cc3)cs2)c1. The maximum atomic E-state index is 15.3. The number of nitrogens with zero attached hydrogens (tertiary/aromatic N) is 7. The van der Waals surface area contributed by atoms with Crippen LogP contribution in [0.15, 0.2) is 78.8 Å². The van der Waals surface area contributed by atoms with Gasteiger partial charge in [-0.25, -0.2) is 23.5 Å². The molecule has 0 spiro atoms. The molecule has 2 N–H and O–H groups in total. The largest absolute Gasteiger partial charge is 0.460 e. The number of esters is 1. The molecule has 0 saturated heterocycles. The average Bonchev–Trinajstić information content (AvgIpc) is 3.82. The number of benzene rings is 2. The van der Waals surface area contributed by atoms with Gasteiger partial charge in [0.15, 0.2) is 0 Å². The standard InChI is InChI=1S/C35H35F2N8O5S/c1-22(33-42-30(18-51-33)25-9-7-24(15-38)8-10-25)35(48,28-14-27(36)11-12-29(28)37)19-45-21-44(20-41-45)23(2)50-34(47)43(4)32-26(6-5-13-40-32)17-49-31(46)16-39-3/h5-14,18,20-23,39,48H,16-17,19H2,1-4H3/q+1/t22-,23?,35-/m0/s1. The van der Waals surface area contributed by atoms with Crippen LogP contribution in [0.2, 0.25) is 0 Å². The number of halogens is 2. The number of amides is 1. The molecule has 16 heteroatoms. The third-order valence-corrected chi connectivity index (χ3v) is 9.20. The first-order valence-corrected chi connectivity index (χ1v) is 16.6. The fraction of sp³-hybridized carbons (Fsp3) is 0.286. The van der Waals surface area contributed by atoms with Crippen LogP contribution in [0.3, 0.4) is 0 Å². The van der Waals surface area contributed by atoms with Gasteiger partial charge in [-0.3, -0.25) is 9.69 Å². The first kappa shape index (κ1) is 36.6. The van der Waals surface area contributed by atoms with E-state index in [-0.39, 0.29) is 31.1 Å². The molecule has 0 aliphatic carbocycles. The zero-order valence-electron chi connectivity index (χ0n) is 28.2. The number of nitriles is 1. The van der Waals surface area contributed by atoms with E-state index in [0.29, 0.717) is 21.8 Å². The number of carbonyl (C=O) groups is 2.